The summed E-state index contributed by atoms with van der Waals surface area (Å²) in [6.07, 6.45) is 4.49. The Kier molecular flexibility index (Phi) is 5.61. The molecule has 2 aliphatic rings. The Hall–Kier alpha value is -3.09. The van der Waals surface area contributed by atoms with Gasteiger partial charge in [0.1, 0.15) is 0 Å². The van der Waals surface area contributed by atoms with Crippen LogP contribution in [0.1, 0.15) is 66.5 Å². The number of likely N-dealkylation sites (tertiary alicyclic amines) is 1. The number of aryl methyl sites for hydroxylation is 1. The van der Waals surface area contributed by atoms with Crippen molar-refractivity contribution in [2.45, 2.75) is 53.0 Å². The summed E-state index contributed by atoms with van der Waals surface area (Å²) in [7, 11) is 0. The van der Waals surface area contributed by atoms with Crippen molar-refractivity contribution < 1.29 is 23.5 Å². The number of nitrogens with zero attached hydrogens (tertiary/aromatic N) is 1. The average Bonchev–Trinajstić information content (AvgIpc) is 3.33. The van der Waals surface area contributed by atoms with Crippen molar-refractivity contribution in [1.82, 2.24) is 4.90 Å². The maximum Gasteiger partial charge on any atom is 0.338 e. The molecule has 1 aliphatic heterocycles. The van der Waals surface area contributed by atoms with E-state index in [9.17, 15) is 14.4 Å². The van der Waals surface area contributed by atoms with E-state index < -0.39 is 11.9 Å². The smallest absolute Gasteiger partial charge is 0.338 e. The molecule has 2 aromatic rings. The summed E-state index contributed by atoms with van der Waals surface area (Å²) in [5, 5.41) is 2.74. The summed E-state index contributed by atoms with van der Waals surface area (Å²) in [5.74, 6) is -0.977. The van der Waals surface area contributed by atoms with Crippen LogP contribution in [-0.2, 0) is 9.53 Å². The number of anilines is 1. The van der Waals surface area contributed by atoms with Gasteiger partial charge in [0.05, 0.1) is 11.8 Å². The summed E-state index contributed by atoms with van der Waals surface area (Å²) in [6.45, 7) is 9.00. The topological polar surface area (TPSA) is 88.9 Å². The Labute approximate surface area is 188 Å². The van der Waals surface area contributed by atoms with Crippen LogP contribution in [0.3, 0.4) is 0 Å². The molecule has 0 radical (unpaired) electrons. The number of rotatable bonds is 5. The summed E-state index contributed by atoms with van der Waals surface area (Å²) >= 11 is 0. The Bertz CT molecular complexity index is 1040. The molecule has 7 heteroatoms. The third-order valence-electron chi connectivity index (χ3n) is 6.53. The molecule has 1 aliphatic carbocycles. The fourth-order valence-electron chi connectivity index (χ4n) is 5.52. The van der Waals surface area contributed by atoms with Gasteiger partial charge >= 0.3 is 5.97 Å². The third kappa shape index (κ3) is 4.56. The molecule has 2 heterocycles. The van der Waals surface area contributed by atoms with E-state index in [1.54, 1.807) is 30.3 Å². The average molecular weight is 439 g/mol. The van der Waals surface area contributed by atoms with Gasteiger partial charge in [-0.3, -0.25) is 9.59 Å². The Morgan fingerprint density at radius 1 is 1.19 bits per heavy atom. The van der Waals surface area contributed by atoms with Gasteiger partial charge in [-0.05, 0) is 66.8 Å². The first kappa shape index (κ1) is 22.1. The van der Waals surface area contributed by atoms with Gasteiger partial charge in [-0.2, -0.15) is 0 Å². The van der Waals surface area contributed by atoms with Gasteiger partial charge in [0.15, 0.2) is 12.4 Å². The number of carbonyl (C=O) groups is 3. The lowest BCUT2D eigenvalue weighted by Gasteiger charge is -2.39. The highest BCUT2D eigenvalue weighted by atomic mass is 16.5. The monoisotopic (exact) mass is 438 g/mol. The van der Waals surface area contributed by atoms with E-state index in [0.717, 1.165) is 24.8 Å². The third-order valence-corrected chi connectivity index (χ3v) is 6.53. The Morgan fingerprint density at radius 2 is 1.97 bits per heavy atom. The Balaban J connectivity index is 1.38. The van der Waals surface area contributed by atoms with Crippen molar-refractivity contribution in [3.63, 3.8) is 0 Å². The fourth-order valence-corrected chi connectivity index (χ4v) is 5.52. The van der Waals surface area contributed by atoms with Gasteiger partial charge in [-0.1, -0.05) is 26.8 Å². The van der Waals surface area contributed by atoms with Crippen molar-refractivity contribution in [3.05, 3.63) is 53.5 Å². The number of ether oxygens (including phenoxy) is 1. The molecule has 32 heavy (non-hydrogen) atoms. The summed E-state index contributed by atoms with van der Waals surface area (Å²) in [5.41, 5.74) is 1.88. The van der Waals surface area contributed by atoms with Gasteiger partial charge in [-0.15, -0.1) is 0 Å². The van der Waals surface area contributed by atoms with Crippen molar-refractivity contribution in [1.29, 1.82) is 0 Å². The second kappa shape index (κ2) is 8.11. The minimum atomic E-state index is -0.597. The zero-order valence-electron chi connectivity index (χ0n) is 19.1. The number of carbonyl (C=O) groups excluding carboxylic acids is 3. The SMILES string of the molecule is Cc1ccc(C(=O)OCC(=O)N2C[C@]3(C)C[C@H]2CC(C)(C)C3)cc1NC(=O)c1ccco1. The molecule has 2 bridgehead atoms. The standard InChI is InChI=1S/C25H30N2O5/c1-16-7-8-17(10-19(16)26-22(29)20-6-5-9-31-20)23(30)32-13-21(28)27-15-25(4)12-18(27)11-24(2,3)14-25/h5-10,18H,11-15H2,1-4H3,(H,26,29)/t18-,25-/m1/s1. The molecule has 4 rings (SSSR count). The first-order valence-electron chi connectivity index (χ1n) is 11.0. The van der Waals surface area contributed by atoms with Crippen LogP contribution in [0.15, 0.2) is 41.0 Å². The number of furan rings is 1. The quantitative estimate of drug-likeness (QED) is 0.698. The van der Waals surface area contributed by atoms with E-state index in [2.05, 4.69) is 26.1 Å². The lowest BCUT2D eigenvalue weighted by atomic mass is 9.65. The fraction of sp³-hybridized carbons (Fsp3) is 0.480. The van der Waals surface area contributed by atoms with Crippen molar-refractivity contribution in [3.8, 4) is 0 Å². The lowest BCUT2D eigenvalue weighted by Crippen LogP contribution is -2.39. The van der Waals surface area contributed by atoms with E-state index >= 15 is 0 Å². The molecule has 1 saturated carbocycles. The van der Waals surface area contributed by atoms with E-state index in [1.165, 1.54) is 6.26 Å². The van der Waals surface area contributed by atoms with Gasteiger partial charge in [0.2, 0.25) is 0 Å². The molecule has 1 aromatic heterocycles. The maximum absolute atomic E-state index is 12.9. The normalized spacial score (nSPS) is 23.6. The molecule has 1 N–H and O–H groups in total. The van der Waals surface area contributed by atoms with Crippen LogP contribution >= 0.6 is 0 Å². The molecule has 1 saturated heterocycles. The van der Waals surface area contributed by atoms with Gasteiger partial charge in [-0.25, -0.2) is 4.79 Å². The molecule has 1 aromatic carbocycles. The van der Waals surface area contributed by atoms with Crippen LogP contribution in [0, 0.1) is 17.8 Å². The van der Waals surface area contributed by atoms with E-state index in [-0.39, 0.29) is 40.7 Å². The first-order chi connectivity index (χ1) is 15.1. The highest BCUT2D eigenvalue weighted by Gasteiger charge is 2.50. The first-order valence-corrected chi connectivity index (χ1v) is 11.0. The number of amides is 2. The Morgan fingerprint density at radius 3 is 2.69 bits per heavy atom. The molecule has 170 valence electrons. The summed E-state index contributed by atoms with van der Waals surface area (Å²) in [4.78, 5) is 39.6. The predicted octanol–water partition coefficient (Wildman–Crippen LogP) is 4.42. The number of hydrogen-bond acceptors (Lipinski definition) is 5. The van der Waals surface area contributed by atoms with Crippen molar-refractivity contribution in [2.75, 3.05) is 18.5 Å². The van der Waals surface area contributed by atoms with Gasteiger partial charge in [0, 0.05) is 18.3 Å². The minimum Gasteiger partial charge on any atom is -0.459 e. The molecule has 2 atom stereocenters. The van der Waals surface area contributed by atoms with Crippen LogP contribution in [0.4, 0.5) is 5.69 Å². The van der Waals surface area contributed by atoms with Gasteiger partial charge in [0.25, 0.3) is 11.8 Å². The van der Waals surface area contributed by atoms with Gasteiger partial charge < -0.3 is 19.4 Å². The second-order valence-electron chi connectivity index (χ2n) is 10.3. The van der Waals surface area contributed by atoms with Crippen LogP contribution < -0.4 is 5.32 Å². The molecule has 0 unspecified atom stereocenters. The van der Waals surface area contributed by atoms with Crippen LogP contribution in [0.5, 0.6) is 0 Å². The molecule has 2 amide bonds. The lowest BCUT2D eigenvalue weighted by molar-refractivity contribution is -0.135. The van der Waals surface area contributed by atoms with E-state index in [4.69, 9.17) is 9.15 Å². The highest BCUT2D eigenvalue weighted by Crippen LogP contribution is 2.52. The van der Waals surface area contributed by atoms with Crippen LogP contribution in [0.2, 0.25) is 0 Å². The number of esters is 1. The second-order valence-corrected chi connectivity index (χ2v) is 10.3. The van der Waals surface area contributed by atoms with Crippen molar-refractivity contribution in [2.24, 2.45) is 10.8 Å². The molecule has 7 nitrogen and oxygen atoms in total. The van der Waals surface area contributed by atoms with Crippen LogP contribution in [-0.4, -0.2) is 41.9 Å². The summed E-state index contributed by atoms with van der Waals surface area (Å²) < 4.78 is 10.4. The van der Waals surface area contributed by atoms with E-state index in [1.807, 2.05) is 11.8 Å². The van der Waals surface area contributed by atoms with E-state index in [0.29, 0.717) is 12.2 Å². The highest BCUT2D eigenvalue weighted by molar-refractivity contribution is 6.03. The molecular formula is C25H30N2O5. The van der Waals surface area contributed by atoms with Crippen LogP contribution in [0.25, 0.3) is 0 Å². The molecule has 0 spiro atoms. The van der Waals surface area contributed by atoms with Crippen molar-refractivity contribution >= 4 is 23.5 Å². The minimum absolute atomic E-state index is 0.129. The maximum atomic E-state index is 12.9. The number of nitrogens with one attached hydrogen (secondary N) is 1. The zero-order valence-corrected chi connectivity index (χ0v) is 19.1. The zero-order chi connectivity index (χ0) is 23.1. The number of hydrogen-bond donors (Lipinski definition) is 1. The number of fused-ring (bicyclic) bond motifs is 2. The predicted molar refractivity (Wildman–Crippen MR) is 119 cm³/mol. The summed E-state index contributed by atoms with van der Waals surface area (Å²) in [6, 6.07) is 8.29. The molecular weight excluding hydrogens is 408 g/mol. The largest absolute Gasteiger partial charge is 0.459 e. The molecule has 2 fully saturated rings. The number of benzene rings is 1.